The van der Waals surface area contributed by atoms with Crippen molar-refractivity contribution in [1.29, 1.82) is 0 Å². The Balaban J connectivity index is 2.82. The van der Waals surface area contributed by atoms with Crippen LogP contribution in [0.2, 0.25) is 0 Å². The van der Waals surface area contributed by atoms with Gasteiger partial charge in [0.05, 0.1) is 0 Å². The van der Waals surface area contributed by atoms with Crippen LogP contribution in [0, 0.1) is 0 Å². The van der Waals surface area contributed by atoms with Crippen LogP contribution in [0.5, 0.6) is 0 Å². The quantitative estimate of drug-likeness (QED) is 0.698. The molecular weight excluding hydrogens is 166 g/mol. The monoisotopic (exact) mass is 181 g/mol. The van der Waals surface area contributed by atoms with E-state index in [0.29, 0.717) is 6.54 Å². The predicted octanol–water partition coefficient (Wildman–Crippen LogP) is 0.224. The molecule has 4 heteroatoms. The van der Waals surface area contributed by atoms with Crippen molar-refractivity contribution >= 4 is 0 Å². The molecule has 0 aliphatic carbocycles. The molecule has 0 radical (unpaired) electrons. The van der Waals surface area contributed by atoms with E-state index in [0.717, 1.165) is 30.8 Å². The SMILES string of the molecule is CCc1cc(=O)[nH]c(CCCN)n1. The number of H-pyrrole nitrogens is 1. The molecule has 0 atom stereocenters. The number of nitrogens with one attached hydrogen (secondary N) is 1. The summed E-state index contributed by atoms with van der Waals surface area (Å²) in [5.74, 6) is 0.745. The largest absolute Gasteiger partial charge is 0.330 e. The van der Waals surface area contributed by atoms with Crippen LogP contribution < -0.4 is 11.3 Å². The molecule has 0 aromatic carbocycles. The van der Waals surface area contributed by atoms with E-state index in [1.165, 1.54) is 6.07 Å². The first-order valence-electron chi connectivity index (χ1n) is 4.55. The van der Waals surface area contributed by atoms with Gasteiger partial charge in [-0.25, -0.2) is 4.98 Å². The van der Waals surface area contributed by atoms with Crippen molar-refractivity contribution in [2.45, 2.75) is 26.2 Å². The standard InChI is InChI=1S/C9H15N3O/c1-2-7-6-9(13)12-8(11-7)4-3-5-10/h6H,2-5,10H2,1H3,(H,11,12,13). The highest BCUT2D eigenvalue weighted by atomic mass is 16.1. The maximum Gasteiger partial charge on any atom is 0.251 e. The molecule has 0 amide bonds. The molecule has 1 rings (SSSR count). The third-order valence-corrected chi connectivity index (χ3v) is 1.82. The lowest BCUT2D eigenvalue weighted by Crippen LogP contribution is -2.13. The van der Waals surface area contributed by atoms with Gasteiger partial charge in [0.2, 0.25) is 0 Å². The van der Waals surface area contributed by atoms with Crippen molar-refractivity contribution in [3.05, 3.63) is 27.9 Å². The molecule has 0 saturated carbocycles. The van der Waals surface area contributed by atoms with Gasteiger partial charge < -0.3 is 10.7 Å². The van der Waals surface area contributed by atoms with Crippen molar-refractivity contribution in [1.82, 2.24) is 9.97 Å². The molecular formula is C9H15N3O. The van der Waals surface area contributed by atoms with Crippen molar-refractivity contribution in [2.75, 3.05) is 6.54 Å². The van der Waals surface area contributed by atoms with Crippen LogP contribution >= 0.6 is 0 Å². The summed E-state index contributed by atoms with van der Waals surface area (Å²) in [6.07, 6.45) is 2.40. The van der Waals surface area contributed by atoms with Gasteiger partial charge in [0, 0.05) is 18.2 Å². The molecule has 1 heterocycles. The van der Waals surface area contributed by atoms with Crippen molar-refractivity contribution in [3.8, 4) is 0 Å². The van der Waals surface area contributed by atoms with E-state index >= 15 is 0 Å². The summed E-state index contributed by atoms with van der Waals surface area (Å²) in [5.41, 5.74) is 6.14. The summed E-state index contributed by atoms with van der Waals surface area (Å²) in [6, 6.07) is 1.53. The first-order valence-corrected chi connectivity index (χ1v) is 4.55. The maximum atomic E-state index is 11.1. The van der Waals surface area contributed by atoms with Crippen LogP contribution in [0.25, 0.3) is 0 Å². The fourth-order valence-corrected chi connectivity index (χ4v) is 1.13. The van der Waals surface area contributed by atoms with Crippen molar-refractivity contribution < 1.29 is 0 Å². The van der Waals surface area contributed by atoms with E-state index < -0.39 is 0 Å². The summed E-state index contributed by atoms with van der Waals surface area (Å²) in [6.45, 7) is 2.61. The Hall–Kier alpha value is -1.16. The highest BCUT2D eigenvalue weighted by Gasteiger charge is 1.98. The topological polar surface area (TPSA) is 71.8 Å². The summed E-state index contributed by atoms with van der Waals surface area (Å²) in [4.78, 5) is 18.1. The molecule has 0 spiro atoms. The number of hydrogen-bond acceptors (Lipinski definition) is 3. The highest BCUT2D eigenvalue weighted by molar-refractivity contribution is 5.02. The Morgan fingerprint density at radius 1 is 1.62 bits per heavy atom. The number of aryl methyl sites for hydroxylation is 2. The second-order valence-electron chi connectivity index (χ2n) is 2.93. The number of aromatic nitrogens is 2. The minimum atomic E-state index is -0.0705. The number of nitrogens with zero attached hydrogens (tertiary/aromatic N) is 1. The van der Waals surface area contributed by atoms with E-state index in [-0.39, 0.29) is 5.56 Å². The van der Waals surface area contributed by atoms with E-state index in [4.69, 9.17) is 5.73 Å². The Labute approximate surface area is 77.2 Å². The average Bonchev–Trinajstić information content (AvgIpc) is 2.14. The lowest BCUT2D eigenvalue weighted by Gasteiger charge is -2.00. The van der Waals surface area contributed by atoms with E-state index in [9.17, 15) is 4.79 Å². The van der Waals surface area contributed by atoms with Gasteiger partial charge in [-0.3, -0.25) is 4.79 Å². The first kappa shape index (κ1) is 9.92. The van der Waals surface area contributed by atoms with Crippen LogP contribution in [0.1, 0.15) is 24.9 Å². The molecule has 13 heavy (non-hydrogen) atoms. The lowest BCUT2D eigenvalue weighted by atomic mass is 10.2. The Kier molecular flexibility index (Phi) is 3.64. The molecule has 0 aliphatic rings. The van der Waals surface area contributed by atoms with Gasteiger partial charge in [0.15, 0.2) is 0 Å². The molecule has 0 saturated heterocycles. The molecule has 0 aliphatic heterocycles. The summed E-state index contributed by atoms with van der Waals surface area (Å²) in [5, 5.41) is 0. The number of nitrogens with two attached hydrogens (primary N) is 1. The lowest BCUT2D eigenvalue weighted by molar-refractivity contribution is 0.763. The van der Waals surface area contributed by atoms with Gasteiger partial charge in [0.25, 0.3) is 5.56 Å². The molecule has 4 nitrogen and oxygen atoms in total. The Bertz CT molecular complexity index is 319. The van der Waals surface area contributed by atoms with Crippen LogP contribution in [-0.2, 0) is 12.8 Å². The Morgan fingerprint density at radius 3 is 3.00 bits per heavy atom. The van der Waals surface area contributed by atoms with Crippen LogP contribution in [-0.4, -0.2) is 16.5 Å². The zero-order valence-corrected chi connectivity index (χ0v) is 7.84. The van der Waals surface area contributed by atoms with Crippen LogP contribution in [0.15, 0.2) is 10.9 Å². The fourth-order valence-electron chi connectivity index (χ4n) is 1.13. The van der Waals surface area contributed by atoms with Gasteiger partial charge in [-0.05, 0) is 19.4 Å². The summed E-state index contributed by atoms with van der Waals surface area (Å²) < 4.78 is 0. The summed E-state index contributed by atoms with van der Waals surface area (Å²) in [7, 11) is 0. The van der Waals surface area contributed by atoms with Gasteiger partial charge in [-0.2, -0.15) is 0 Å². The molecule has 0 bridgehead atoms. The number of rotatable bonds is 4. The molecule has 1 aromatic heterocycles. The average molecular weight is 181 g/mol. The molecule has 0 fully saturated rings. The maximum absolute atomic E-state index is 11.1. The molecule has 3 N–H and O–H groups in total. The smallest absolute Gasteiger partial charge is 0.251 e. The number of hydrogen-bond donors (Lipinski definition) is 2. The van der Waals surface area contributed by atoms with Gasteiger partial charge in [0.1, 0.15) is 5.82 Å². The zero-order chi connectivity index (χ0) is 9.68. The fraction of sp³-hybridized carbons (Fsp3) is 0.556. The van der Waals surface area contributed by atoms with Crippen LogP contribution in [0.4, 0.5) is 0 Å². The van der Waals surface area contributed by atoms with Crippen molar-refractivity contribution in [2.24, 2.45) is 5.73 Å². The molecule has 72 valence electrons. The van der Waals surface area contributed by atoms with Gasteiger partial charge in [-0.15, -0.1) is 0 Å². The summed E-state index contributed by atoms with van der Waals surface area (Å²) >= 11 is 0. The second-order valence-corrected chi connectivity index (χ2v) is 2.93. The van der Waals surface area contributed by atoms with Gasteiger partial charge in [-0.1, -0.05) is 6.92 Å². The predicted molar refractivity (Wildman–Crippen MR) is 51.6 cm³/mol. The minimum Gasteiger partial charge on any atom is -0.330 e. The highest BCUT2D eigenvalue weighted by Crippen LogP contribution is 1.95. The van der Waals surface area contributed by atoms with E-state index in [1.807, 2.05) is 6.92 Å². The molecule has 1 aromatic rings. The van der Waals surface area contributed by atoms with E-state index in [1.54, 1.807) is 0 Å². The van der Waals surface area contributed by atoms with E-state index in [2.05, 4.69) is 9.97 Å². The second kappa shape index (κ2) is 4.77. The molecule has 0 unspecified atom stereocenters. The Morgan fingerprint density at radius 2 is 2.38 bits per heavy atom. The minimum absolute atomic E-state index is 0.0705. The van der Waals surface area contributed by atoms with Crippen LogP contribution in [0.3, 0.4) is 0 Å². The zero-order valence-electron chi connectivity index (χ0n) is 7.84. The first-order chi connectivity index (χ1) is 6.26. The third-order valence-electron chi connectivity index (χ3n) is 1.82. The van der Waals surface area contributed by atoms with Gasteiger partial charge >= 0.3 is 0 Å². The van der Waals surface area contributed by atoms with Crippen molar-refractivity contribution in [3.63, 3.8) is 0 Å². The number of aromatic amines is 1. The normalized spacial score (nSPS) is 10.3. The third kappa shape index (κ3) is 2.99.